The van der Waals surface area contributed by atoms with Crippen LogP contribution in [0.15, 0.2) is 18.2 Å². The van der Waals surface area contributed by atoms with E-state index < -0.39 is 0 Å². The normalized spacial score (nSPS) is 25.0. The van der Waals surface area contributed by atoms with Crippen molar-refractivity contribution in [1.29, 1.82) is 0 Å². The first kappa shape index (κ1) is 9.53. The highest BCUT2D eigenvalue weighted by molar-refractivity contribution is 5.38. The fraction of sp³-hybridized carbons (Fsp3) is 0.500. The number of aryl methyl sites for hydroxylation is 1. The molecule has 1 aliphatic heterocycles. The summed E-state index contributed by atoms with van der Waals surface area (Å²) in [6.45, 7) is 4.12. The number of benzene rings is 1. The molecular weight excluding hydrogens is 176 g/mol. The second kappa shape index (κ2) is 3.62. The summed E-state index contributed by atoms with van der Waals surface area (Å²) in [7, 11) is 0. The highest BCUT2D eigenvalue weighted by atomic mass is 16.6. The molecule has 1 heterocycles. The molecule has 0 radical (unpaired) electrons. The van der Waals surface area contributed by atoms with E-state index in [1.807, 2.05) is 19.1 Å². The van der Waals surface area contributed by atoms with Crippen LogP contribution in [-0.2, 0) is 11.2 Å². The average Bonchev–Trinajstić information content (AvgIpc) is 2.81. The van der Waals surface area contributed by atoms with Gasteiger partial charge in [0.05, 0.1) is 12.2 Å². The van der Waals surface area contributed by atoms with Crippen LogP contribution in [0, 0.1) is 6.92 Å². The van der Waals surface area contributed by atoms with Gasteiger partial charge in [0.2, 0.25) is 0 Å². The number of aromatic hydroxyl groups is 1. The summed E-state index contributed by atoms with van der Waals surface area (Å²) in [4.78, 5) is 0. The van der Waals surface area contributed by atoms with E-state index >= 15 is 0 Å². The van der Waals surface area contributed by atoms with Gasteiger partial charge < -0.3 is 9.84 Å². The Labute approximate surface area is 84.5 Å². The van der Waals surface area contributed by atoms with Crippen LogP contribution in [0.1, 0.15) is 24.5 Å². The molecule has 2 unspecified atom stereocenters. The topological polar surface area (TPSA) is 32.8 Å². The van der Waals surface area contributed by atoms with Crippen LogP contribution in [0.25, 0.3) is 0 Å². The van der Waals surface area contributed by atoms with Crippen molar-refractivity contribution in [1.82, 2.24) is 0 Å². The van der Waals surface area contributed by atoms with E-state index in [1.54, 1.807) is 6.07 Å². The van der Waals surface area contributed by atoms with Crippen LogP contribution < -0.4 is 0 Å². The predicted octanol–water partition coefficient (Wildman–Crippen LogP) is 2.42. The largest absolute Gasteiger partial charge is 0.508 e. The van der Waals surface area contributed by atoms with Crippen molar-refractivity contribution < 1.29 is 9.84 Å². The summed E-state index contributed by atoms with van der Waals surface area (Å²) >= 11 is 0. The second-order valence-electron chi connectivity index (χ2n) is 3.99. The van der Waals surface area contributed by atoms with Gasteiger partial charge in [0.15, 0.2) is 0 Å². The van der Waals surface area contributed by atoms with Crippen molar-refractivity contribution in [2.45, 2.75) is 38.9 Å². The summed E-state index contributed by atoms with van der Waals surface area (Å²) in [5.74, 6) is 0.415. The Kier molecular flexibility index (Phi) is 2.46. The van der Waals surface area contributed by atoms with Crippen LogP contribution >= 0.6 is 0 Å². The van der Waals surface area contributed by atoms with Crippen molar-refractivity contribution in [3.05, 3.63) is 29.3 Å². The van der Waals surface area contributed by atoms with E-state index in [1.165, 1.54) is 5.56 Å². The molecule has 1 N–H and O–H groups in total. The Bertz CT molecular complexity index is 313. The number of phenolic OH excluding ortho intramolecular Hbond substituents is 1. The molecule has 0 aliphatic carbocycles. The first-order chi connectivity index (χ1) is 6.68. The summed E-state index contributed by atoms with van der Waals surface area (Å²) in [5.41, 5.74) is 2.23. The minimum atomic E-state index is 0.411. The van der Waals surface area contributed by atoms with Gasteiger partial charge in [-0.2, -0.15) is 0 Å². The zero-order valence-electron chi connectivity index (χ0n) is 8.66. The third-order valence-corrected chi connectivity index (χ3v) is 2.90. The smallest absolute Gasteiger partial charge is 0.119 e. The van der Waals surface area contributed by atoms with Gasteiger partial charge in [-0.1, -0.05) is 12.1 Å². The van der Waals surface area contributed by atoms with Gasteiger partial charge in [0, 0.05) is 0 Å². The SMILES string of the molecule is Cc1cccc(O)c1CCC1OC1C. The fourth-order valence-electron chi connectivity index (χ4n) is 1.83. The van der Waals surface area contributed by atoms with Crippen LogP contribution in [0.5, 0.6) is 5.75 Å². The molecule has 0 saturated carbocycles. The molecule has 1 aliphatic rings. The molecule has 14 heavy (non-hydrogen) atoms. The van der Waals surface area contributed by atoms with Gasteiger partial charge in [-0.05, 0) is 43.9 Å². The summed E-state index contributed by atoms with van der Waals surface area (Å²) in [6, 6.07) is 5.66. The monoisotopic (exact) mass is 192 g/mol. The maximum Gasteiger partial charge on any atom is 0.119 e. The Balaban J connectivity index is 2.01. The average molecular weight is 192 g/mol. The lowest BCUT2D eigenvalue weighted by Crippen LogP contribution is -1.96. The number of hydrogen-bond acceptors (Lipinski definition) is 2. The molecule has 76 valence electrons. The molecule has 2 nitrogen and oxygen atoms in total. The fourth-order valence-corrected chi connectivity index (χ4v) is 1.83. The molecule has 1 aromatic carbocycles. The highest BCUT2D eigenvalue weighted by Gasteiger charge is 2.33. The van der Waals surface area contributed by atoms with E-state index in [9.17, 15) is 5.11 Å². The minimum Gasteiger partial charge on any atom is -0.508 e. The first-order valence-corrected chi connectivity index (χ1v) is 5.11. The zero-order chi connectivity index (χ0) is 10.1. The molecule has 0 aromatic heterocycles. The third kappa shape index (κ3) is 1.90. The van der Waals surface area contributed by atoms with Gasteiger partial charge in [0.25, 0.3) is 0 Å². The molecule has 2 atom stereocenters. The summed E-state index contributed by atoms with van der Waals surface area (Å²) in [6.07, 6.45) is 2.75. The van der Waals surface area contributed by atoms with Crippen LogP contribution in [0.3, 0.4) is 0 Å². The van der Waals surface area contributed by atoms with Crippen molar-refractivity contribution in [2.24, 2.45) is 0 Å². The molecule has 0 bridgehead atoms. The molecule has 1 saturated heterocycles. The second-order valence-corrected chi connectivity index (χ2v) is 3.99. The van der Waals surface area contributed by atoms with Gasteiger partial charge >= 0.3 is 0 Å². The van der Waals surface area contributed by atoms with E-state index in [-0.39, 0.29) is 0 Å². The van der Waals surface area contributed by atoms with E-state index in [0.29, 0.717) is 18.0 Å². The Morgan fingerprint density at radius 2 is 2.14 bits per heavy atom. The zero-order valence-corrected chi connectivity index (χ0v) is 8.66. The summed E-state index contributed by atoms with van der Waals surface area (Å²) in [5, 5.41) is 9.65. The quantitative estimate of drug-likeness (QED) is 0.746. The summed E-state index contributed by atoms with van der Waals surface area (Å²) < 4.78 is 5.34. The van der Waals surface area contributed by atoms with Gasteiger partial charge in [0.1, 0.15) is 5.75 Å². The van der Waals surface area contributed by atoms with Gasteiger partial charge in [-0.15, -0.1) is 0 Å². The molecule has 2 rings (SSSR count). The molecule has 0 amide bonds. The van der Waals surface area contributed by atoms with E-state index in [4.69, 9.17) is 4.74 Å². The molecule has 1 aromatic rings. The lowest BCUT2D eigenvalue weighted by atomic mass is 10.0. The lowest BCUT2D eigenvalue weighted by molar-refractivity contribution is 0.369. The van der Waals surface area contributed by atoms with Crippen LogP contribution in [-0.4, -0.2) is 17.3 Å². The predicted molar refractivity (Wildman–Crippen MR) is 55.5 cm³/mol. The van der Waals surface area contributed by atoms with Crippen molar-refractivity contribution in [2.75, 3.05) is 0 Å². The molecule has 0 spiro atoms. The van der Waals surface area contributed by atoms with Gasteiger partial charge in [-0.3, -0.25) is 0 Å². The van der Waals surface area contributed by atoms with Crippen molar-refractivity contribution in [3.63, 3.8) is 0 Å². The Morgan fingerprint density at radius 3 is 2.71 bits per heavy atom. The Morgan fingerprint density at radius 1 is 1.43 bits per heavy atom. The van der Waals surface area contributed by atoms with Crippen molar-refractivity contribution in [3.8, 4) is 5.75 Å². The van der Waals surface area contributed by atoms with E-state index in [2.05, 4.69) is 6.92 Å². The standard InChI is InChI=1S/C12H16O2/c1-8-4-3-5-11(13)10(8)6-7-12-9(2)14-12/h3-5,9,12-13H,6-7H2,1-2H3. The van der Waals surface area contributed by atoms with Gasteiger partial charge in [-0.25, -0.2) is 0 Å². The number of epoxide rings is 1. The maximum absolute atomic E-state index is 9.65. The number of phenols is 1. The maximum atomic E-state index is 9.65. The molecular formula is C12H16O2. The van der Waals surface area contributed by atoms with Crippen LogP contribution in [0.4, 0.5) is 0 Å². The first-order valence-electron chi connectivity index (χ1n) is 5.11. The van der Waals surface area contributed by atoms with E-state index in [0.717, 1.165) is 18.4 Å². The molecule has 1 fully saturated rings. The number of ether oxygens (including phenoxy) is 1. The number of hydrogen-bond donors (Lipinski definition) is 1. The Hall–Kier alpha value is -1.02. The lowest BCUT2D eigenvalue weighted by Gasteiger charge is -2.06. The highest BCUT2D eigenvalue weighted by Crippen LogP contribution is 2.29. The molecule has 2 heteroatoms. The minimum absolute atomic E-state index is 0.411. The van der Waals surface area contributed by atoms with Crippen LogP contribution in [0.2, 0.25) is 0 Å². The third-order valence-electron chi connectivity index (χ3n) is 2.90. The van der Waals surface area contributed by atoms with Crippen molar-refractivity contribution >= 4 is 0 Å². The number of rotatable bonds is 3.